The topological polar surface area (TPSA) is 43.7 Å². The smallest absolute Gasteiger partial charge is 0.128 e. The average molecular weight is 277 g/mol. The summed E-state index contributed by atoms with van der Waals surface area (Å²) in [6.45, 7) is 1.32. The lowest BCUT2D eigenvalue weighted by molar-refractivity contribution is 0.0832. The quantitative estimate of drug-likeness (QED) is 0.823. The lowest BCUT2D eigenvalue weighted by atomic mass is 10.0. The SMILES string of the molecule is OCC#Cc1ccc(CN2CCCCC2CO)c(F)c1. The first kappa shape index (κ1) is 15.0. The van der Waals surface area contributed by atoms with Crippen molar-refractivity contribution in [2.45, 2.75) is 31.8 Å². The Kier molecular flexibility index (Phi) is 5.54. The van der Waals surface area contributed by atoms with Gasteiger partial charge >= 0.3 is 0 Å². The standard InChI is InChI=1S/C16H20FNO2/c17-16-10-13(4-3-9-19)6-7-14(16)11-18-8-2-1-5-15(18)12-20/h6-7,10,15,19-20H,1-2,5,8-9,11-12H2. The molecule has 108 valence electrons. The molecule has 20 heavy (non-hydrogen) atoms. The van der Waals surface area contributed by atoms with Crippen LogP contribution in [0, 0.1) is 17.7 Å². The molecule has 4 heteroatoms. The van der Waals surface area contributed by atoms with Crippen molar-refractivity contribution in [3.63, 3.8) is 0 Å². The van der Waals surface area contributed by atoms with Gasteiger partial charge in [0.25, 0.3) is 0 Å². The third-order valence-electron chi connectivity index (χ3n) is 3.70. The molecule has 3 nitrogen and oxygen atoms in total. The van der Waals surface area contributed by atoms with E-state index in [0.717, 1.165) is 25.8 Å². The van der Waals surface area contributed by atoms with E-state index in [2.05, 4.69) is 16.7 Å². The average Bonchev–Trinajstić information content (AvgIpc) is 2.48. The molecule has 0 bridgehead atoms. The highest BCUT2D eigenvalue weighted by Gasteiger charge is 2.22. The van der Waals surface area contributed by atoms with Crippen molar-refractivity contribution in [3.05, 3.63) is 35.1 Å². The van der Waals surface area contributed by atoms with Crippen LogP contribution in [0.1, 0.15) is 30.4 Å². The monoisotopic (exact) mass is 277 g/mol. The fraction of sp³-hybridized carbons (Fsp3) is 0.500. The van der Waals surface area contributed by atoms with Gasteiger partial charge in [0.15, 0.2) is 0 Å². The van der Waals surface area contributed by atoms with Crippen LogP contribution in [0.4, 0.5) is 4.39 Å². The highest BCUT2D eigenvalue weighted by Crippen LogP contribution is 2.21. The van der Waals surface area contributed by atoms with E-state index in [4.69, 9.17) is 5.11 Å². The molecule has 1 heterocycles. The summed E-state index contributed by atoms with van der Waals surface area (Å²) in [5.74, 6) is 4.92. The first-order chi connectivity index (χ1) is 9.74. The van der Waals surface area contributed by atoms with E-state index >= 15 is 0 Å². The highest BCUT2D eigenvalue weighted by molar-refractivity contribution is 5.37. The second-order valence-electron chi connectivity index (χ2n) is 5.07. The Morgan fingerprint density at radius 1 is 1.30 bits per heavy atom. The number of aliphatic hydroxyl groups is 2. The van der Waals surface area contributed by atoms with Crippen molar-refractivity contribution < 1.29 is 14.6 Å². The molecule has 2 N–H and O–H groups in total. The van der Waals surface area contributed by atoms with Crippen LogP contribution in [-0.4, -0.2) is 40.9 Å². The second kappa shape index (κ2) is 7.39. The minimum Gasteiger partial charge on any atom is -0.395 e. The minimum absolute atomic E-state index is 0.127. The Labute approximate surface area is 119 Å². The van der Waals surface area contributed by atoms with E-state index in [1.807, 2.05) is 0 Å². The van der Waals surface area contributed by atoms with Crippen molar-refractivity contribution in [1.82, 2.24) is 4.90 Å². The van der Waals surface area contributed by atoms with E-state index in [-0.39, 0.29) is 25.1 Å². The lowest BCUT2D eigenvalue weighted by Gasteiger charge is -2.34. The van der Waals surface area contributed by atoms with Crippen molar-refractivity contribution in [2.24, 2.45) is 0 Å². The Morgan fingerprint density at radius 3 is 2.85 bits per heavy atom. The first-order valence-electron chi connectivity index (χ1n) is 6.97. The van der Waals surface area contributed by atoms with Gasteiger partial charge in [0.2, 0.25) is 0 Å². The summed E-state index contributed by atoms with van der Waals surface area (Å²) in [5, 5.41) is 18.0. The second-order valence-corrected chi connectivity index (χ2v) is 5.07. The number of hydrogen-bond donors (Lipinski definition) is 2. The highest BCUT2D eigenvalue weighted by atomic mass is 19.1. The van der Waals surface area contributed by atoms with Gasteiger partial charge in [-0.15, -0.1) is 0 Å². The normalized spacial score (nSPS) is 19.4. The fourth-order valence-electron chi connectivity index (χ4n) is 2.59. The van der Waals surface area contributed by atoms with Crippen LogP contribution in [0.5, 0.6) is 0 Å². The molecule has 0 spiro atoms. The van der Waals surface area contributed by atoms with Crippen LogP contribution in [-0.2, 0) is 6.54 Å². The number of piperidine rings is 1. The van der Waals surface area contributed by atoms with Crippen LogP contribution in [0.3, 0.4) is 0 Å². The number of hydrogen-bond acceptors (Lipinski definition) is 3. The summed E-state index contributed by atoms with van der Waals surface area (Å²) in [5.41, 5.74) is 1.19. The van der Waals surface area contributed by atoms with E-state index in [1.165, 1.54) is 6.07 Å². The molecule has 1 fully saturated rings. The van der Waals surface area contributed by atoms with Gasteiger partial charge in [-0.05, 0) is 31.5 Å². The number of halogens is 1. The molecule has 1 atom stereocenters. The van der Waals surface area contributed by atoms with Gasteiger partial charge in [-0.3, -0.25) is 4.90 Å². The van der Waals surface area contributed by atoms with Crippen molar-refractivity contribution in [2.75, 3.05) is 19.8 Å². The minimum atomic E-state index is -0.281. The maximum Gasteiger partial charge on any atom is 0.128 e. The number of benzene rings is 1. The molecule has 2 rings (SSSR count). The summed E-state index contributed by atoms with van der Waals surface area (Å²) < 4.78 is 14.0. The molecule has 1 unspecified atom stereocenters. The zero-order valence-corrected chi connectivity index (χ0v) is 11.5. The predicted octanol–water partition coefficient (Wildman–Crippen LogP) is 1.52. The molecule has 0 radical (unpaired) electrons. The van der Waals surface area contributed by atoms with E-state index in [1.54, 1.807) is 12.1 Å². The summed E-state index contributed by atoms with van der Waals surface area (Å²) in [6.07, 6.45) is 3.19. The molecule has 0 amide bonds. The van der Waals surface area contributed by atoms with Gasteiger partial charge < -0.3 is 10.2 Å². The molecule has 0 aromatic heterocycles. The third kappa shape index (κ3) is 3.80. The van der Waals surface area contributed by atoms with Gasteiger partial charge in [0.1, 0.15) is 12.4 Å². The molecule has 0 aliphatic carbocycles. The largest absolute Gasteiger partial charge is 0.395 e. The summed E-state index contributed by atoms with van der Waals surface area (Å²) in [6, 6.07) is 5.03. The van der Waals surface area contributed by atoms with Crippen LogP contribution in [0.15, 0.2) is 18.2 Å². The molecule has 1 aliphatic rings. The number of nitrogens with zero attached hydrogens (tertiary/aromatic N) is 1. The van der Waals surface area contributed by atoms with Gasteiger partial charge in [-0.2, -0.15) is 0 Å². The van der Waals surface area contributed by atoms with Gasteiger partial charge in [0, 0.05) is 23.7 Å². The molecule has 0 saturated carbocycles. The first-order valence-corrected chi connectivity index (χ1v) is 6.97. The Morgan fingerprint density at radius 2 is 2.15 bits per heavy atom. The van der Waals surface area contributed by atoms with Gasteiger partial charge in [-0.1, -0.05) is 24.3 Å². The fourth-order valence-corrected chi connectivity index (χ4v) is 2.59. The Balaban J connectivity index is 2.09. The zero-order valence-electron chi connectivity index (χ0n) is 11.5. The van der Waals surface area contributed by atoms with E-state index < -0.39 is 0 Å². The van der Waals surface area contributed by atoms with Crippen molar-refractivity contribution >= 4 is 0 Å². The number of likely N-dealkylation sites (tertiary alicyclic amines) is 1. The van der Waals surface area contributed by atoms with Crippen LogP contribution in [0.2, 0.25) is 0 Å². The molecule has 1 saturated heterocycles. The molecular weight excluding hydrogens is 257 g/mol. The number of aliphatic hydroxyl groups excluding tert-OH is 2. The van der Waals surface area contributed by atoms with E-state index in [9.17, 15) is 9.50 Å². The zero-order chi connectivity index (χ0) is 14.4. The van der Waals surface area contributed by atoms with Gasteiger partial charge in [-0.25, -0.2) is 4.39 Å². The summed E-state index contributed by atoms with van der Waals surface area (Å²) in [7, 11) is 0. The summed E-state index contributed by atoms with van der Waals surface area (Å²) in [4.78, 5) is 2.14. The predicted molar refractivity (Wildman–Crippen MR) is 75.5 cm³/mol. The van der Waals surface area contributed by atoms with Crippen molar-refractivity contribution in [1.29, 1.82) is 0 Å². The Hall–Kier alpha value is -1.41. The molecule has 1 aromatic rings. The summed E-state index contributed by atoms with van der Waals surface area (Å²) >= 11 is 0. The van der Waals surface area contributed by atoms with Crippen LogP contribution in [0.25, 0.3) is 0 Å². The molecular formula is C16H20FNO2. The van der Waals surface area contributed by atoms with Crippen LogP contribution >= 0.6 is 0 Å². The third-order valence-corrected chi connectivity index (χ3v) is 3.70. The number of rotatable bonds is 3. The molecule has 1 aromatic carbocycles. The lowest BCUT2D eigenvalue weighted by Crippen LogP contribution is -2.41. The van der Waals surface area contributed by atoms with Crippen LogP contribution < -0.4 is 0 Å². The van der Waals surface area contributed by atoms with Crippen molar-refractivity contribution in [3.8, 4) is 11.8 Å². The maximum atomic E-state index is 14.0. The van der Waals surface area contributed by atoms with Gasteiger partial charge in [0.05, 0.1) is 6.61 Å². The Bertz CT molecular complexity index is 507. The maximum absolute atomic E-state index is 14.0. The molecule has 1 aliphatic heterocycles. The van der Waals surface area contributed by atoms with E-state index in [0.29, 0.717) is 17.7 Å².